The molecule has 0 aliphatic carbocycles. The molecule has 0 saturated heterocycles. The molecule has 2 aromatic rings. The van der Waals surface area contributed by atoms with Crippen LogP contribution in [0.15, 0.2) is 16.7 Å². The number of halogens is 1. The second-order valence-corrected chi connectivity index (χ2v) is 3.95. The van der Waals surface area contributed by atoms with Gasteiger partial charge in [-0.2, -0.15) is 0 Å². The molecule has 0 radical (unpaired) electrons. The van der Waals surface area contributed by atoms with Crippen LogP contribution in [0.4, 0.5) is 0 Å². The van der Waals surface area contributed by atoms with Gasteiger partial charge in [-0.1, -0.05) is 5.21 Å². The van der Waals surface area contributed by atoms with E-state index in [0.29, 0.717) is 0 Å². The maximum absolute atomic E-state index is 4.23. The molecule has 0 aliphatic heterocycles. The predicted molar refractivity (Wildman–Crippen MR) is 53.4 cm³/mol. The molecule has 4 nitrogen and oxygen atoms in total. The fourth-order valence-corrected chi connectivity index (χ4v) is 1.54. The number of fused-ring (bicyclic) bond motifs is 1. The minimum Gasteiger partial charge on any atom is -0.235 e. The molecule has 0 aromatic carbocycles. The van der Waals surface area contributed by atoms with Gasteiger partial charge in [0.15, 0.2) is 5.65 Å². The van der Waals surface area contributed by atoms with E-state index in [1.165, 1.54) is 0 Å². The van der Waals surface area contributed by atoms with Gasteiger partial charge in [0.2, 0.25) is 0 Å². The van der Waals surface area contributed by atoms with Gasteiger partial charge < -0.3 is 0 Å². The summed E-state index contributed by atoms with van der Waals surface area (Å²) in [6.07, 6.45) is 1.74. The van der Waals surface area contributed by atoms with Crippen molar-refractivity contribution < 1.29 is 0 Å². The number of nitrogens with zero attached hydrogens (tertiary/aromatic N) is 4. The van der Waals surface area contributed by atoms with Gasteiger partial charge in [-0.25, -0.2) is 9.67 Å². The maximum Gasteiger partial charge on any atom is 0.179 e. The molecule has 0 unspecified atom stereocenters. The van der Waals surface area contributed by atoms with Gasteiger partial charge >= 0.3 is 0 Å². The van der Waals surface area contributed by atoms with E-state index in [9.17, 15) is 0 Å². The molecular formula is C8H9BrN4. The van der Waals surface area contributed by atoms with Gasteiger partial charge in [-0.3, -0.25) is 0 Å². The zero-order chi connectivity index (χ0) is 9.42. The third kappa shape index (κ3) is 1.33. The number of pyridine rings is 1. The molecule has 0 spiro atoms. The van der Waals surface area contributed by atoms with Crippen molar-refractivity contribution in [2.75, 3.05) is 0 Å². The van der Waals surface area contributed by atoms with Crippen molar-refractivity contribution >= 4 is 27.1 Å². The second kappa shape index (κ2) is 3.06. The van der Waals surface area contributed by atoms with Gasteiger partial charge in [0.1, 0.15) is 5.52 Å². The summed E-state index contributed by atoms with van der Waals surface area (Å²) in [5.41, 5.74) is 1.64. The Morgan fingerprint density at radius 3 is 2.92 bits per heavy atom. The van der Waals surface area contributed by atoms with Crippen molar-refractivity contribution in [1.29, 1.82) is 0 Å². The highest BCUT2D eigenvalue weighted by Gasteiger charge is 2.09. The topological polar surface area (TPSA) is 43.6 Å². The molecule has 2 heterocycles. The summed E-state index contributed by atoms with van der Waals surface area (Å²) in [6.45, 7) is 4.10. The van der Waals surface area contributed by atoms with Crippen LogP contribution in [0.3, 0.4) is 0 Å². The Balaban J connectivity index is 2.75. The van der Waals surface area contributed by atoms with E-state index in [2.05, 4.69) is 45.1 Å². The van der Waals surface area contributed by atoms with Crippen LogP contribution in [-0.2, 0) is 0 Å². The first-order valence-electron chi connectivity index (χ1n) is 4.05. The Morgan fingerprint density at radius 2 is 2.23 bits per heavy atom. The van der Waals surface area contributed by atoms with E-state index in [1.54, 1.807) is 10.9 Å². The lowest BCUT2D eigenvalue weighted by molar-refractivity contribution is 0.526. The molecule has 0 atom stereocenters. The minimum atomic E-state index is 0.284. The van der Waals surface area contributed by atoms with Crippen LogP contribution in [0.2, 0.25) is 0 Å². The average Bonchev–Trinajstić information content (AvgIpc) is 2.48. The number of aromatic nitrogens is 4. The Labute approximate surface area is 84.1 Å². The van der Waals surface area contributed by atoms with Crippen LogP contribution < -0.4 is 0 Å². The lowest BCUT2D eigenvalue weighted by Gasteiger charge is -2.03. The summed E-state index contributed by atoms with van der Waals surface area (Å²) in [4.78, 5) is 4.23. The van der Waals surface area contributed by atoms with Crippen molar-refractivity contribution in [3.05, 3.63) is 16.7 Å². The van der Waals surface area contributed by atoms with E-state index in [0.717, 1.165) is 15.6 Å². The van der Waals surface area contributed by atoms with Crippen molar-refractivity contribution in [3.63, 3.8) is 0 Å². The SMILES string of the molecule is CC(C)n1nnc2c(Br)ccnc21. The highest BCUT2D eigenvalue weighted by atomic mass is 79.9. The molecule has 0 bridgehead atoms. The summed E-state index contributed by atoms with van der Waals surface area (Å²) in [6, 6.07) is 2.15. The van der Waals surface area contributed by atoms with Crippen LogP contribution in [0, 0.1) is 0 Å². The largest absolute Gasteiger partial charge is 0.235 e. The van der Waals surface area contributed by atoms with E-state index >= 15 is 0 Å². The normalized spacial score (nSPS) is 11.4. The third-order valence-electron chi connectivity index (χ3n) is 1.80. The van der Waals surface area contributed by atoms with Crippen molar-refractivity contribution in [2.24, 2.45) is 0 Å². The summed E-state index contributed by atoms with van der Waals surface area (Å²) in [5, 5.41) is 8.07. The number of rotatable bonds is 1. The first-order valence-corrected chi connectivity index (χ1v) is 4.85. The Bertz CT molecular complexity index is 435. The van der Waals surface area contributed by atoms with Gasteiger partial charge in [0, 0.05) is 6.20 Å². The fraction of sp³-hybridized carbons (Fsp3) is 0.375. The fourth-order valence-electron chi connectivity index (χ4n) is 1.16. The highest BCUT2D eigenvalue weighted by molar-refractivity contribution is 9.10. The van der Waals surface area contributed by atoms with E-state index in [-0.39, 0.29) is 6.04 Å². The molecule has 5 heteroatoms. The van der Waals surface area contributed by atoms with Gasteiger partial charge in [0.25, 0.3) is 0 Å². The summed E-state index contributed by atoms with van der Waals surface area (Å²) in [5.74, 6) is 0. The summed E-state index contributed by atoms with van der Waals surface area (Å²) in [7, 11) is 0. The Morgan fingerprint density at radius 1 is 1.46 bits per heavy atom. The zero-order valence-corrected chi connectivity index (χ0v) is 8.98. The monoisotopic (exact) mass is 240 g/mol. The molecular weight excluding hydrogens is 232 g/mol. The molecule has 0 amide bonds. The number of hydrogen-bond donors (Lipinski definition) is 0. The maximum atomic E-state index is 4.23. The van der Waals surface area contributed by atoms with Crippen LogP contribution in [-0.4, -0.2) is 20.0 Å². The molecule has 0 fully saturated rings. The summed E-state index contributed by atoms with van der Waals surface area (Å²) < 4.78 is 2.74. The molecule has 0 aliphatic rings. The molecule has 0 saturated carbocycles. The molecule has 68 valence electrons. The van der Waals surface area contributed by atoms with E-state index in [1.807, 2.05) is 6.07 Å². The molecule has 0 N–H and O–H groups in total. The average molecular weight is 241 g/mol. The van der Waals surface area contributed by atoms with Gasteiger partial charge in [-0.15, -0.1) is 5.10 Å². The Kier molecular flexibility index (Phi) is 2.03. The lowest BCUT2D eigenvalue weighted by atomic mass is 10.4. The first-order chi connectivity index (χ1) is 6.20. The highest BCUT2D eigenvalue weighted by Crippen LogP contribution is 2.20. The smallest absolute Gasteiger partial charge is 0.179 e. The number of hydrogen-bond acceptors (Lipinski definition) is 3. The molecule has 2 aromatic heterocycles. The van der Waals surface area contributed by atoms with E-state index < -0.39 is 0 Å². The van der Waals surface area contributed by atoms with Crippen molar-refractivity contribution in [1.82, 2.24) is 20.0 Å². The van der Waals surface area contributed by atoms with Gasteiger partial charge in [0.05, 0.1) is 10.5 Å². The van der Waals surface area contributed by atoms with Crippen molar-refractivity contribution in [3.8, 4) is 0 Å². The standard InChI is InChI=1S/C8H9BrN4/c1-5(2)13-8-7(11-12-13)6(9)3-4-10-8/h3-5H,1-2H3. The predicted octanol–water partition coefficient (Wildman–Crippen LogP) is 2.17. The quantitative estimate of drug-likeness (QED) is 0.768. The van der Waals surface area contributed by atoms with Crippen LogP contribution in [0.1, 0.15) is 19.9 Å². The van der Waals surface area contributed by atoms with Gasteiger partial charge in [-0.05, 0) is 35.8 Å². The first kappa shape index (κ1) is 8.62. The van der Waals surface area contributed by atoms with Crippen molar-refractivity contribution in [2.45, 2.75) is 19.9 Å². The molecule has 2 rings (SSSR count). The second-order valence-electron chi connectivity index (χ2n) is 3.09. The lowest BCUT2D eigenvalue weighted by Crippen LogP contribution is -2.03. The van der Waals surface area contributed by atoms with Crippen LogP contribution >= 0.6 is 15.9 Å². The zero-order valence-electron chi connectivity index (χ0n) is 7.40. The third-order valence-corrected chi connectivity index (χ3v) is 2.44. The summed E-state index contributed by atoms with van der Waals surface area (Å²) >= 11 is 3.40. The van der Waals surface area contributed by atoms with Crippen LogP contribution in [0.5, 0.6) is 0 Å². The minimum absolute atomic E-state index is 0.284. The Hall–Kier alpha value is -0.970. The van der Waals surface area contributed by atoms with Crippen LogP contribution in [0.25, 0.3) is 11.2 Å². The van der Waals surface area contributed by atoms with E-state index in [4.69, 9.17) is 0 Å². The molecule has 13 heavy (non-hydrogen) atoms.